The van der Waals surface area contributed by atoms with Crippen LogP contribution in [0.1, 0.15) is 106 Å². The minimum absolute atomic E-state index is 0.0395. The van der Waals surface area contributed by atoms with Crippen molar-refractivity contribution in [3.8, 4) is 0 Å². The molecule has 6 heteroatoms. The van der Waals surface area contributed by atoms with Crippen LogP contribution >= 0.6 is 0 Å². The fourth-order valence-corrected chi connectivity index (χ4v) is 12.8. The van der Waals surface area contributed by atoms with Crippen LogP contribution in [0.25, 0.3) is 0 Å². The van der Waals surface area contributed by atoms with Crippen LogP contribution in [0.15, 0.2) is 46.9 Å². The molecule has 1 amide bonds. The number of benzene rings is 1. The third-order valence-corrected chi connectivity index (χ3v) is 16.0. The molecule has 42 heavy (non-hydrogen) atoms. The SMILES string of the molecule is C[C@H]1[C@H](C)CC[C@]2(C(=O)NS(=O)(=O)c3ccccc3)CC[C@]3(C)C(=CC[C@@H]4[C@@]5(C)CC[C@H](O)C(C)(C)C5CC[C@]43C)[C@H]12. The van der Waals surface area contributed by atoms with Crippen LogP contribution < -0.4 is 4.72 Å². The van der Waals surface area contributed by atoms with E-state index in [4.69, 9.17) is 0 Å². The van der Waals surface area contributed by atoms with Gasteiger partial charge in [-0.15, -0.1) is 0 Å². The summed E-state index contributed by atoms with van der Waals surface area (Å²) in [4.78, 5) is 14.5. The van der Waals surface area contributed by atoms with E-state index in [0.29, 0.717) is 23.7 Å². The molecule has 1 unspecified atom stereocenters. The van der Waals surface area contributed by atoms with E-state index in [2.05, 4.69) is 59.3 Å². The van der Waals surface area contributed by atoms with Gasteiger partial charge in [-0.1, -0.05) is 78.3 Å². The van der Waals surface area contributed by atoms with Crippen molar-refractivity contribution < 1.29 is 18.3 Å². The average Bonchev–Trinajstić information content (AvgIpc) is 2.93. The lowest BCUT2D eigenvalue weighted by Crippen LogP contribution is -2.66. The molecular formula is C36H53NO4S. The number of aliphatic hydroxyl groups excluding tert-OH is 1. The van der Waals surface area contributed by atoms with Crippen LogP contribution in [0.2, 0.25) is 0 Å². The Morgan fingerprint density at radius 2 is 1.57 bits per heavy atom. The largest absolute Gasteiger partial charge is 0.393 e. The molecule has 10 atom stereocenters. The van der Waals surface area contributed by atoms with Crippen molar-refractivity contribution in [1.82, 2.24) is 4.72 Å². The van der Waals surface area contributed by atoms with E-state index in [-0.39, 0.29) is 44.5 Å². The Morgan fingerprint density at radius 1 is 0.881 bits per heavy atom. The first-order valence-corrected chi connectivity index (χ1v) is 18.0. The van der Waals surface area contributed by atoms with Gasteiger partial charge in [0.1, 0.15) is 0 Å². The number of aliphatic hydroxyl groups is 1. The van der Waals surface area contributed by atoms with E-state index < -0.39 is 15.4 Å². The monoisotopic (exact) mass is 595 g/mol. The average molecular weight is 596 g/mol. The molecule has 0 aliphatic heterocycles. The van der Waals surface area contributed by atoms with Crippen LogP contribution in [0.4, 0.5) is 0 Å². The van der Waals surface area contributed by atoms with E-state index in [1.54, 1.807) is 30.3 Å². The van der Waals surface area contributed by atoms with Gasteiger partial charge in [0.2, 0.25) is 5.91 Å². The second-order valence-electron chi connectivity index (χ2n) is 16.4. The summed E-state index contributed by atoms with van der Waals surface area (Å²) >= 11 is 0. The molecular weight excluding hydrogens is 542 g/mol. The first-order valence-electron chi connectivity index (χ1n) is 16.6. The number of carbonyl (C=O) groups is 1. The molecule has 0 spiro atoms. The zero-order valence-electron chi connectivity index (χ0n) is 26.9. The second-order valence-corrected chi connectivity index (χ2v) is 18.1. The fraction of sp³-hybridized carbons (Fsp3) is 0.750. The van der Waals surface area contributed by atoms with Crippen LogP contribution in [0.3, 0.4) is 0 Å². The number of nitrogens with one attached hydrogen (secondary N) is 1. The molecule has 5 aliphatic rings. The van der Waals surface area contributed by atoms with Gasteiger partial charge < -0.3 is 5.11 Å². The smallest absolute Gasteiger partial charge is 0.264 e. The van der Waals surface area contributed by atoms with Crippen molar-refractivity contribution in [3.05, 3.63) is 42.0 Å². The zero-order chi connectivity index (χ0) is 30.5. The molecule has 232 valence electrons. The maximum absolute atomic E-state index is 14.3. The van der Waals surface area contributed by atoms with Gasteiger partial charge in [0, 0.05) is 0 Å². The number of sulfonamides is 1. The molecule has 1 aromatic carbocycles. The molecule has 5 nitrogen and oxygen atoms in total. The summed E-state index contributed by atoms with van der Waals surface area (Å²) in [5.41, 5.74) is 0.872. The highest BCUT2D eigenvalue weighted by atomic mass is 32.2. The fourth-order valence-electron chi connectivity index (χ4n) is 11.8. The van der Waals surface area contributed by atoms with Crippen LogP contribution in [-0.2, 0) is 14.8 Å². The second kappa shape index (κ2) is 9.67. The van der Waals surface area contributed by atoms with Crippen LogP contribution in [0.5, 0.6) is 0 Å². The zero-order valence-corrected chi connectivity index (χ0v) is 27.7. The highest BCUT2D eigenvalue weighted by molar-refractivity contribution is 7.90. The molecule has 5 aliphatic carbocycles. The summed E-state index contributed by atoms with van der Waals surface area (Å²) in [5.74, 6) is 1.54. The number of hydrogen-bond acceptors (Lipinski definition) is 4. The number of hydrogen-bond donors (Lipinski definition) is 2. The summed E-state index contributed by atoms with van der Waals surface area (Å²) in [5, 5.41) is 11.0. The lowest BCUT2D eigenvalue weighted by atomic mass is 9.33. The number of fused-ring (bicyclic) bond motifs is 7. The highest BCUT2D eigenvalue weighted by Gasteiger charge is 2.69. The normalized spacial score (nSPS) is 46.2. The third kappa shape index (κ3) is 3.95. The van der Waals surface area contributed by atoms with Gasteiger partial charge in [0.05, 0.1) is 16.4 Å². The number of carbonyl (C=O) groups excluding carboxylic acids is 1. The van der Waals surface area contributed by atoms with Crippen molar-refractivity contribution in [3.63, 3.8) is 0 Å². The minimum atomic E-state index is -3.95. The summed E-state index contributed by atoms with van der Waals surface area (Å²) in [7, 11) is -3.95. The number of amides is 1. The summed E-state index contributed by atoms with van der Waals surface area (Å²) in [6.07, 6.45) is 10.8. The molecule has 0 heterocycles. The number of allylic oxidation sites excluding steroid dienone is 2. The summed E-state index contributed by atoms with van der Waals surface area (Å²) in [6, 6.07) is 8.30. The Morgan fingerprint density at radius 3 is 2.26 bits per heavy atom. The van der Waals surface area contributed by atoms with Gasteiger partial charge in [0.15, 0.2) is 0 Å². The van der Waals surface area contributed by atoms with Gasteiger partial charge in [-0.05, 0) is 121 Å². The van der Waals surface area contributed by atoms with Gasteiger partial charge in [0.25, 0.3) is 10.0 Å². The lowest BCUT2D eigenvalue weighted by molar-refractivity contribution is -0.204. The Balaban J connectivity index is 1.40. The quantitative estimate of drug-likeness (QED) is 0.354. The topological polar surface area (TPSA) is 83.5 Å². The van der Waals surface area contributed by atoms with E-state index >= 15 is 0 Å². The maximum Gasteiger partial charge on any atom is 0.264 e. The Hall–Kier alpha value is -1.66. The van der Waals surface area contributed by atoms with Crippen molar-refractivity contribution in [2.24, 2.45) is 56.7 Å². The van der Waals surface area contributed by atoms with E-state index in [9.17, 15) is 18.3 Å². The van der Waals surface area contributed by atoms with Crippen molar-refractivity contribution >= 4 is 15.9 Å². The standard InChI is InChI=1S/C36H53NO4S/c1-23-15-20-36(31(39)37-42(40,41)25-11-9-8-10-12-25)22-21-34(6)26(30(36)24(23)2)13-14-28-33(5)18-17-29(38)32(3,4)27(33)16-19-35(28,34)7/h8-13,23-24,27-30,38H,14-22H2,1-7H3,(H,37,39)/t23-,24+,27?,28-,29+,30+,33+,34-,35-,36+/m1/s1. The Labute approximate surface area is 254 Å². The van der Waals surface area contributed by atoms with Gasteiger partial charge in [-0.3, -0.25) is 4.79 Å². The van der Waals surface area contributed by atoms with Gasteiger partial charge in [-0.2, -0.15) is 0 Å². The van der Waals surface area contributed by atoms with E-state index in [0.717, 1.165) is 57.8 Å². The maximum atomic E-state index is 14.3. The molecule has 2 N–H and O–H groups in total. The molecule has 4 saturated carbocycles. The lowest BCUT2D eigenvalue weighted by Gasteiger charge is -2.71. The molecule has 4 fully saturated rings. The molecule has 0 saturated heterocycles. The van der Waals surface area contributed by atoms with Gasteiger partial charge >= 0.3 is 0 Å². The molecule has 0 radical (unpaired) electrons. The van der Waals surface area contributed by atoms with Crippen LogP contribution in [-0.4, -0.2) is 25.5 Å². The molecule has 1 aromatic rings. The number of rotatable bonds is 3. The van der Waals surface area contributed by atoms with Crippen molar-refractivity contribution in [2.45, 2.75) is 117 Å². The first kappa shape index (κ1) is 30.4. The van der Waals surface area contributed by atoms with Gasteiger partial charge in [-0.25, -0.2) is 13.1 Å². The van der Waals surface area contributed by atoms with E-state index in [1.807, 2.05) is 0 Å². The van der Waals surface area contributed by atoms with E-state index in [1.165, 1.54) is 5.57 Å². The molecule has 6 rings (SSSR count). The third-order valence-electron chi connectivity index (χ3n) is 14.7. The first-order chi connectivity index (χ1) is 19.5. The summed E-state index contributed by atoms with van der Waals surface area (Å²) in [6.45, 7) is 16.8. The summed E-state index contributed by atoms with van der Waals surface area (Å²) < 4.78 is 29.3. The molecule has 0 bridgehead atoms. The van der Waals surface area contributed by atoms with Crippen LogP contribution in [0, 0.1) is 56.7 Å². The molecule has 0 aromatic heterocycles. The Kier molecular flexibility index (Phi) is 6.99. The Bertz CT molecular complexity index is 1390. The van der Waals surface area contributed by atoms with Crippen molar-refractivity contribution in [2.75, 3.05) is 0 Å². The highest BCUT2D eigenvalue weighted by Crippen LogP contribution is 2.75. The predicted molar refractivity (Wildman–Crippen MR) is 167 cm³/mol. The minimum Gasteiger partial charge on any atom is -0.393 e. The predicted octanol–water partition coefficient (Wildman–Crippen LogP) is 7.51. The van der Waals surface area contributed by atoms with Crippen molar-refractivity contribution in [1.29, 1.82) is 0 Å².